The number of rotatable bonds is 6. The number of carbonyl (C=O) groups excluding carboxylic acids is 1. The van der Waals surface area contributed by atoms with E-state index in [1.54, 1.807) is 0 Å². The van der Waals surface area contributed by atoms with Crippen molar-refractivity contribution < 1.29 is 9.69 Å². The second-order valence-corrected chi connectivity index (χ2v) is 7.00. The van der Waals surface area contributed by atoms with E-state index in [1.165, 1.54) is 5.56 Å². The summed E-state index contributed by atoms with van der Waals surface area (Å²) in [5.74, 6) is 0.0180. The molecule has 0 aliphatic heterocycles. The number of benzene rings is 2. The van der Waals surface area contributed by atoms with Gasteiger partial charge in [0.1, 0.15) is 6.54 Å². The number of nitrogens with zero attached hydrogens (tertiary/aromatic N) is 2. The van der Waals surface area contributed by atoms with Crippen LogP contribution in [0.2, 0.25) is 0 Å². The number of amides is 1. The molecule has 0 aliphatic rings. The molecule has 2 atom stereocenters. The number of aryl methyl sites for hydroxylation is 1. The standard InChI is InChI=1S/C22H26N4O/c1-16-21(17(2)26(24-16)20-13-9-6-10-14-20)15-25(4)18(3)22(27)23-19-11-7-5-8-12-19/h5-14,18H,15H2,1-4H3,(H,23,27)/p+1/t18-/m0/s1. The van der Waals surface area contributed by atoms with Gasteiger partial charge in [-0.15, -0.1) is 0 Å². The molecule has 1 aromatic heterocycles. The van der Waals surface area contributed by atoms with Gasteiger partial charge in [0.25, 0.3) is 5.91 Å². The monoisotopic (exact) mass is 363 g/mol. The average molecular weight is 363 g/mol. The van der Waals surface area contributed by atoms with Crippen LogP contribution in [-0.2, 0) is 11.3 Å². The van der Waals surface area contributed by atoms with E-state index in [9.17, 15) is 4.79 Å². The lowest BCUT2D eigenvalue weighted by molar-refractivity contribution is -0.907. The second kappa shape index (κ2) is 8.18. The van der Waals surface area contributed by atoms with Gasteiger partial charge in [-0.25, -0.2) is 4.68 Å². The number of anilines is 1. The van der Waals surface area contributed by atoms with Crippen molar-refractivity contribution in [2.45, 2.75) is 33.4 Å². The fourth-order valence-corrected chi connectivity index (χ4v) is 3.18. The van der Waals surface area contributed by atoms with Gasteiger partial charge in [0, 0.05) is 5.69 Å². The zero-order chi connectivity index (χ0) is 19.4. The molecular formula is C22H27N4O+. The first-order chi connectivity index (χ1) is 13.0. The van der Waals surface area contributed by atoms with E-state index in [0.717, 1.165) is 34.2 Å². The molecule has 1 heterocycles. The predicted molar refractivity (Wildman–Crippen MR) is 108 cm³/mol. The van der Waals surface area contributed by atoms with Crippen LogP contribution in [0.25, 0.3) is 5.69 Å². The molecule has 0 aliphatic carbocycles. The van der Waals surface area contributed by atoms with Gasteiger partial charge < -0.3 is 10.2 Å². The molecule has 140 valence electrons. The first kappa shape index (κ1) is 18.9. The lowest BCUT2D eigenvalue weighted by atomic mass is 10.1. The molecule has 0 bridgehead atoms. The number of hydrogen-bond acceptors (Lipinski definition) is 2. The van der Waals surface area contributed by atoms with Crippen molar-refractivity contribution in [3.63, 3.8) is 0 Å². The molecule has 3 rings (SSSR count). The van der Waals surface area contributed by atoms with E-state index < -0.39 is 0 Å². The molecule has 0 radical (unpaired) electrons. The van der Waals surface area contributed by atoms with Crippen molar-refractivity contribution in [1.29, 1.82) is 0 Å². The van der Waals surface area contributed by atoms with Crippen molar-refractivity contribution in [2.24, 2.45) is 0 Å². The highest BCUT2D eigenvalue weighted by molar-refractivity contribution is 5.93. The zero-order valence-corrected chi connectivity index (χ0v) is 16.4. The number of carbonyl (C=O) groups is 1. The first-order valence-corrected chi connectivity index (χ1v) is 9.26. The third-order valence-electron chi connectivity index (χ3n) is 5.07. The summed E-state index contributed by atoms with van der Waals surface area (Å²) in [5.41, 5.74) is 5.19. The molecule has 2 aromatic carbocycles. The van der Waals surface area contributed by atoms with Crippen molar-refractivity contribution >= 4 is 11.6 Å². The zero-order valence-electron chi connectivity index (χ0n) is 16.4. The van der Waals surface area contributed by atoms with E-state index in [-0.39, 0.29) is 11.9 Å². The van der Waals surface area contributed by atoms with Crippen LogP contribution in [0.5, 0.6) is 0 Å². The highest BCUT2D eigenvalue weighted by atomic mass is 16.2. The highest BCUT2D eigenvalue weighted by Gasteiger charge is 2.25. The van der Waals surface area contributed by atoms with E-state index in [2.05, 4.69) is 24.4 Å². The first-order valence-electron chi connectivity index (χ1n) is 9.26. The maximum absolute atomic E-state index is 12.6. The Kier molecular flexibility index (Phi) is 5.72. The Labute approximate surface area is 160 Å². The smallest absolute Gasteiger partial charge is 0.282 e. The van der Waals surface area contributed by atoms with E-state index in [1.807, 2.05) is 74.1 Å². The Morgan fingerprint density at radius 2 is 1.67 bits per heavy atom. The minimum atomic E-state index is -0.177. The van der Waals surface area contributed by atoms with Crippen LogP contribution in [0.1, 0.15) is 23.9 Å². The summed E-state index contributed by atoms with van der Waals surface area (Å²) in [6, 6.07) is 19.5. The van der Waals surface area contributed by atoms with E-state index >= 15 is 0 Å². The molecule has 27 heavy (non-hydrogen) atoms. The Balaban J connectivity index is 1.73. The minimum absolute atomic E-state index is 0.0180. The number of para-hydroxylation sites is 2. The van der Waals surface area contributed by atoms with Crippen molar-refractivity contribution in [3.05, 3.63) is 77.6 Å². The van der Waals surface area contributed by atoms with Crippen LogP contribution in [0.4, 0.5) is 5.69 Å². The Hall–Kier alpha value is -2.92. The summed E-state index contributed by atoms with van der Waals surface area (Å²) in [5, 5.41) is 7.70. The maximum Gasteiger partial charge on any atom is 0.282 e. The third kappa shape index (κ3) is 4.26. The van der Waals surface area contributed by atoms with Gasteiger partial charge in [-0.3, -0.25) is 4.79 Å². The van der Waals surface area contributed by atoms with Crippen molar-refractivity contribution in [2.75, 3.05) is 12.4 Å². The van der Waals surface area contributed by atoms with Crippen LogP contribution in [-0.4, -0.2) is 28.8 Å². The minimum Gasteiger partial charge on any atom is -0.324 e. The van der Waals surface area contributed by atoms with E-state index in [0.29, 0.717) is 0 Å². The summed E-state index contributed by atoms with van der Waals surface area (Å²) >= 11 is 0. The molecule has 5 nitrogen and oxygen atoms in total. The lowest BCUT2D eigenvalue weighted by Crippen LogP contribution is -3.12. The lowest BCUT2D eigenvalue weighted by Gasteiger charge is -2.21. The molecular weight excluding hydrogens is 336 g/mol. The van der Waals surface area contributed by atoms with Gasteiger partial charge in [0.05, 0.1) is 29.7 Å². The summed E-state index contributed by atoms with van der Waals surface area (Å²) in [7, 11) is 2.05. The highest BCUT2D eigenvalue weighted by Crippen LogP contribution is 2.17. The maximum atomic E-state index is 12.6. The Morgan fingerprint density at radius 3 is 2.30 bits per heavy atom. The molecule has 0 spiro atoms. The average Bonchev–Trinajstić information content (AvgIpc) is 2.97. The summed E-state index contributed by atoms with van der Waals surface area (Å²) < 4.78 is 1.98. The number of quaternary nitrogens is 1. The van der Waals surface area contributed by atoms with Crippen LogP contribution < -0.4 is 10.2 Å². The van der Waals surface area contributed by atoms with Gasteiger partial charge in [-0.05, 0) is 45.0 Å². The van der Waals surface area contributed by atoms with Crippen LogP contribution >= 0.6 is 0 Å². The number of hydrogen-bond donors (Lipinski definition) is 2. The van der Waals surface area contributed by atoms with Gasteiger partial charge in [-0.1, -0.05) is 36.4 Å². The molecule has 5 heteroatoms. The largest absolute Gasteiger partial charge is 0.324 e. The van der Waals surface area contributed by atoms with Crippen LogP contribution in [0.15, 0.2) is 60.7 Å². The quantitative estimate of drug-likeness (QED) is 0.707. The topological polar surface area (TPSA) is 51.4 Å². The molecule has 0 fully saturated rings. The van der Waals surface area contributed by atoms with E-state index in [4.69, 9.17) is 5.10 Å². The van der Waals surface area contributed by atoms with Crippen LogP contribution in [0, 0.1) is 13.8 Å². The molecule has 3 aromatic rings. The predicted octanol–water partition coefficient (Wildman–Crippen LogP) is 2.53. The van der Waals surface area contributed by atoms with Gasteiger partial charge in [-0.2, -0.15) is 5.10 Å². The molecule has 0 saturated carbocycles. The number of nitrogens with one attached hydrogen (secondary N) is 2. The van der Waals surface area contributed by atoms with Crippen LogP contribution in [0.3, 0.4) is 0 Å². The summed E-state index contributed by atoms with van der Waals surface area (Å²) in [6.07, 6.45) is 0. The third-order valence-corrected chi connectivity index (χ3v) is 5.07. The van der Waals surface area contributed by atoms with Gasteiger partial charge in [0.15, 0.2) is 6.04 Å². The normalized spacial score (nSPS) is 13.2. The van der Waals surface area contributed by atoms with Crippen molar-refractivity contribution in [1.82, 2.24) is 9.78 Å². The fourth-order valence-electron chi connectivity index (χ4n) is 3.18. The number of likely N-dealkylation sites (N-methyl/N-ethyl adjacent to an activating group) is 1. The van der Waals surface area contributed by atoms with Gasteiger partial charge >= 0.3 is 0 Å². The Morgan fingerprint density at radius 1 is 1.07 bits per heavy atom. The molecule has 0 saturated heterocycles. The van der Waals surface area contributed by atoms with Gasteiger partial charge in [0.2, 0.25) is 0 Å². The molecule has 2 N–H and O–H groups in total. The summed E-state index contributed by atoms with van der Waals surface area (Å²) in [4.78, 5) is 13.7. The molecule has 1 unspecified atom stereocenters. The SMILES string of the molecule is Cc1nn(-c2ccccc2)c(C)c1C[NH+](C)[C@@H](C)C(=O)Nc1ccccc1. The second-order valence-electron chi connectivity index (χ2n) is 7.00. The van der Waals surface area contributed by atoms with Crippen molar-refractivity contribution in [3.8, 4) is 5.69 Å². The molecule has 1 amide bonds. The number of aromatic nitrogens is 2. The Bertz CT molecular complexity index is 903. The summed E-state index contributed by atoms with van der Waals surface area (Å²) in [6.45, 7) is 6.82. The fraction of sp³-hybridized carbons (Fsp3) is 0.273.